The van der Waals surface area contributed by atoms with Crippen LogP contribution in [-0.4, -0.2) is 64.4 Å². The average Bonchev–Trinajstić information content (AvgIpc) is 2.75. The van der Waals surface area contributed by atoms with Crippen molar-refractivity contribution in [2.24, 2.45) is 0 Å². The van der Waals surface area contributed by atoms with Crippen LogP contribution in [0.2, 0.25) is 0 Å². The smallest absolute Gasteiger partial charge is 0.326 e. The number of ether oxygens (including phenoxy) is 1. The van der Waals surface area contributed by atoms with Crippen molar-refractivity contribution in [1.29, 1.82) is 0 Å². The van der Waals surface area contributed by atoms with Crippen molar-refractivity contribution >= 4 is 18.0 Å². The highest BCUT2D eigenvalue weighted by atomic mass is 16.5. The quantitative estimate of drug-likeness (QED) is 0.648. The molecule has 0 aliphatic carbocycles. The van der Waals surface area contributed by atoms with Crippen LogP contribution in [0.5, 0.6) is 0 Å². The normalized spacial score (nSPS) is 25.4. The number of carboxylic acids is 2. The number of nitrogens with zero attached hydrogens (tertiary/aromatic N) is 1. The number of rotatable bonds is 6. The standard InChI is InChI=1S/C13H20N2O6/c16-11(17)3-1-2-10(12(18)19)14-13(20)15-6-8-4-5-9(7-15)21-8/h8-10H,1-7H2,(H,14,20)(H,16,17)(H,18,19)/t8?,9?,10-/m1/s1. The molecule has 2 aliphatic heterocycles. The topological polar surface area (TPSA) is 116 Å². The summed E-state index contributed by atoms with van der Waals surface area (Å²) >= 11 is 0. The first-order chi connectivity index (χ1) is 9.95. The summed E-state index contributed by atoms with van der Waals surface area (Å²) in [5.74, 6) is -2.12. The number of hydrogen-bond acceptors (Lipinski definition) is 4. The van der Waals surface area contributed by atoms with Crippen molar-refractivity contribution in [2.75, 3.05) is 13.1 Å². The maximum Gasteiger partial charge on any atom is 0.326 e. The van der Waals surface area contributed by atoms with E-state index in [9.17, 15) is 14.4 Å². The Hall–Kier alpha value is -1.83. The Morgan fingerprint density at radius 1 is 1.19 bits per heavy atom. The number of fused-ring (bicyclic) bond motifs is 2. The lowest BCUT2D eigenvalue weighted by molar-refractivity contribution is -0.140. The second-order valence-corrected chi connectivity index (χ2v) is 5.49. The van der Waals surface area contributed by atoms with Crippen LogP contribution < -0.4 is 5.32 Å². The highest BCUT2D eigenvalue weighted by Crippen LogP contribution is 2.26. The van der Waals surface area contributed by atoms with E-state index in [4.69, 9.17) is 14.9 Å². The van der Waals surface area contributed by atoms with Crippen molar-refractivity contribution in [3.63, 3.8) is 0 Å². The summed E-state index contributed by atoms with van der Waals surface area (Å²) in [7, 11) is 0. The van der Waals surface area contributed by atoms with Crippen LogP contribution in [-0.2, 0) is 14.3 Å². The van der Waals surface area contributed by atoms with Gasteiger partial charge in [0.05, 0.1) is 12.2 Å². The zero-order valence-electron chi connectivity index (χ0n) is 11.7. The Balaban J connectivity index is 1.83. The SMILES string of the molecule is O=C(O)CCC[C@@H](NC(=O)N1CC2CCC(C1)O2)C(=O)O. The molecular weight excluding hydrogens is 280 g/mol. The minimum Gasteiger partial charge on any atom is -0.481 e. The first-order valence-corrected chi connectivity index (χ1v) is 7.11. The molecule has 2 unspecified atom stereocenters. The first kappa shape index (κ1) is 15.6. The molecule has 2 bridgehead atoms. The Morgan fingerprint density at radius 3 is 2.33 bits per heavy atom. The number of carbonyl (C=O) groups is 3. The Labute approximate surface area is 122 Å². The number of nitrogens with one attached hydrogen (secondary N) is 1. The van der Waals surface area contributed by atoms with E-state index in [1.54, 1.807) is 4.90 Å². The third-order valence-corrected chi connectivity index (χ3v) is 3.81. The van der Waals surface area contributed by atoms with Crippen molar-refractivity contribution < 1.29 is 29.3 Å². The molecule has 0 aromatic heterocycles. The number of morpholine rings is 1. The number of hydrogen-bond donors (Lipinski definition) is 3. The van der Waals surface area contributed by atoms with Gasteiger partial charge in [0.25, 0.3) is 0 Å². The number of amides is 2. The lowest BCUT2D eigenvalue weighted by Crippen LogP contribution is -2.53. The van der Waals surface area contributed by atoms with Crippen LogP contribution in [0.25, 0.3) is 0 Å². The molecule has 2 rings (SSSR count). The van der Waals surface area contributed by atoms with Gasteiger partial charge in [0, 0.05) is 19.5 Å². The molecule has 2 fully saturated rings. The maximum absolute atomic E-state index is 12.1. The van der Waals surface area contributed by atoms with Crippen LogP contribution in [0, 0.1) is 0 Å². The van der Waals surface area contributed by atoms with Gasteiger partial charge in [-0.05, 0) is 25.7 Å². The highest BCUT2D eigenvalue weighted by Gasteiger charge is 2.36. The minimum atomic E-state index is -1.15. The van der Waals surface area contributed by atoms with Gasteiger partial charge in [0.15, 0.2) is 0 Å². The molecule has 0 saturated carbocycles. The van der Waals surface area contributed by atoms with Gasteiger partial charge in [-0.2, -0.15) is 0 Å². The maximum atomic E-state index is 12.1. The summed E-state index contributed by atoms with van der Waals surface area (Å²) in [6, 6.07) is -1.48. The van der Waals surface area contributed by atoms with Crippen molar-refractivity contribution in [3.8, 4) is 0 Å². The van der Waals surface area contributed by atoms with E-state index in [0.717, 1.165) is 12.8 Å². The molecule has 118 valence electrons. The van der Waals surface area contributed by atoms with Crippen molar-refractivity contribution in [3.05, 3.63) is 0 Å². The molecule has 2 aliphatic rings. The minimum absolute atomic E-state index is 0.0461. The van der Waals surface area contributed by atoms with Gasteiger partial charge in [-0.3, -0.25) is 4.79 Å². The van der Waals surface area contributed by atoms with E-state index in [2.05, 4.69) is 5.32 Å². The lowest BCUT2D eigenvalue weighted by Gasteiger charge is -2.32. The number of carboxylic acid groups (broad SMARTS) is 2. The molecular formula is C13H20N2O6. The molecule has 0 aromatic rings. The van der Waals surface area contributed by atoms with E-state index >= 15 is 0 Å². The molecule has 0 aromatic carbocycles. The zero-order chi connectivity index (χ0) is 15.4. The number of carbonyl (C=O) groups excluding carboxylic acids is 1. The Bertz CT molecular complexity index is 415. The summed E-state index contributed by atoms with van der Waals surface area (Å²) in [6.07, 6.45) is 2.15. The molecule has 21 heavy (non-hydrogen) atoms. The fraction of sp³-hybridized carbons (Fsp3) is 0.769. The fourth-order valence-corrected chi connectivity index (χ4v) is 2.74. The van der Waals surface area contributed by atoms with E-state index in [-0.39, 0.29) is 31.5 Å². The summed E-state index contributed by atoms with van der Waals surface area (Å²) in [5.41, 5.74) is 0. The van der Waals surface area contributed by atoms with E-state index in [1.807, 2.05) is 0 Å². The lowest BCUT2D eigenvalue weighted by atomic mass is 10.1. The number of aliphatic carboxylic acids is 2. The van der Waals surface area contributed by atoms with Gasteiger partial charge in [0.1, 0.15) is 6.04 Å². The summed E-state index contributed by atoms with van der Waals surface area (Å²) in [4.78, 5) is 35.3. The van der Waals surface area contributed by atoms with Crippen LogP contribution >= 0.6 is 0 Å². The van der Waals surface area contributed by atoms with Crippen molar-refractivity contribution in [2.45, 2.75) is 50.4 Å². The van der Waals surface area contributed by atoms with Crippen LogP contribution in [0.1, 0.15) is 32.1 Å². The van der Waals surface area contributed by atoms with Crippen LogP contribution in [0.15, 0.2) is 0 Å². The van der Waals surface area contributed by atoms with Crippen LogP contribution in [0.3, 0.4) is 0 Å². The molecule has 3 atom stereocenters. The second kappa shape index (κ2) is 6.75. The average molecular weight is 300 g/mol. The second-order valence-electron chi connectivity index (χ2n) is 5.49. The Morgan fingerprint density at radius 2 is 1.81 bits per heavy atom. The Kier molecular flexibility index (Phi) is 5.00. The molecule has 8 nitrogen and oxygen atoms in total. The van der Waals surface area contributed by atoms with Gasteiger partial charge in [-0.25, -0.2) is 9.59 Å². The summed E-state index contributed by atoms with van der Waals surface area (Å²) < 4.78 is 5.62. The van der Waals surface area contributed by atoms with E-state index < -0.39 is 24.0 Å². The van der Waals surface area contributed by atoms with Gasteiger partial charge in [0.2, 0.25) is 0 Å². The van der Waals surface area contributed by atoms with Crippen molar-refractivity contribution in [1.82, 2.24) is 10.2 Å². The third kappa shape index (κ3) is 4.32. The zero-order valence-corrected chi connectivity index (χ0v) is 11.7. The van der Waals surface area contributed by atoms with Gasteiger partial charge in [-0.1, -0.05) is 0 Å². The van der Waals surface area contributed by atoms with Gasteiger partial charge < -0.3 is 25.2 Å². The predicted molar refractivity (Wildman–Crippen MR) is 70.9 cm³/mol. The molecule has 2 amide bonds. The van der Waals surface area contributed by atoms with E-state index in [0.29, 0.717) is 13.1 Å². The summed E-state index contributed by atoms with van der Waals surface area (Å²) in [5, 5.41) is 20.1. The predicted octanol–water partition coefficient (Wildman–Crippen LogP) is 0.267. The number of urea groups is 1. The van der Waals surface area contributed by atoms with Crippen LogP contribution in [0.4, 0.5) is 4.79 Å². The highest BCUT2D eigenvalue weighted by molar-refractivity contribution is 5.82. The third-order valence-electron chi connectivity index (χ3n) is 3.81. The number of likely N-dealkylation sites (tertiary alicyclic amines) is 1. The van der Waals surface area contributed by atoms with Gasteiger partial charge >= 0.3 is 18.0 Å². The molecule has 2 heterocycles. The molecule has 0 radical (unpaired) electrons. The summed E-state index contributed by atoms with van der Waals surface area (Å²) in [6.45, 7) is 0.952. The molecule has 0 spiro atoms. The molecule has 8 heteroatoms. The fourth-order valence-electron chi connectivity index (χ4n) is 2.74. The van der Waals surface area contributed by atoms with E-state index in [1.165, 1.54) is 0 Å². The molecule has 2 saturated heterocycles. The molecule has 3 N–H and O–H groups in total. The van der Waals surface area contributed by atoms with Gasteiger partial charge in [-0.15, -0.1) is 0 Å². The monoisotopic (exact) mass is 300 g/mol. The first-order valence-electron chi connectivity index (χ1n) is 7.11. The largest absolute Gasteiger partial charge is 0.481 e.